The van der Waals surface area contributed by atoms with E-state index >= 15 is 0 Å². The molecule has 0 saturated carbocycles. The van der Waals surface area contributed by atoms with Gasteiger partial charge in [0.25, 0.3) is 5.91 Å². The van der Waals surface area contributed by atoms with Crippen LogP contribution in [0, 0.1) is 5.41 Å². The highest BCUT2D eigenvalue weighted by molar-refractivity contribution is 6.33. The third kappa shape index (κ3) is 5.56. The van der Waals surface area contributed by atoms with E-state index in [0.717, 1.165) is 0 Å². The number of likely N-dealkylation sites (tertiary alicyclic amines) is 1. The predicted molar refractivity (Wildman–Crippen MR) is 120 cm³/mol. The third-order valence-corrected chi connectivity index (χ3v) is 6.13. The number of hydrogen-bond acceptors (Lipinski definition) is 7. The molecule has 3 rings (SSSR count). The summed E-state index contributed by atoms with van der Waals surface area (Å²) in [6.45, 7) is 5.79. The van der Waals surface area contributed by atoms with Crippen molar-refractivity contribution in [3.8, 4) is 0 Å². The number of nitrogens with one attached hydrogen (secondary N) is 2. The number of nitrogens with zero attached hydrogens (tertiary/aromatic N) is 1. The van der Waals surface area contributed by atoms with Crippen LogP contribution in [0.2, 0.25) is 5.02 Å². The van der Waals surface area contributed by atoms with E-state index in [4.69, 9.17) is 17.3 Å². The summed E-state index contributed by atoms with van der Waals surface area (Å²) >= 11 is 6.02. The summed E-state index contributed by atoms with van der Waals surface area (Å²) in [4.78, 5) is 52.0. The molecular weight excluding hydrogens is 452 g/mol. The number of carbonyl (C=O) groups is 4. The first kappa shape index (κ1) is 24.8. The van der Waals surface area contributed by atoms with Crippen LogP contribution in [0.3, 0.4) is 0 Å². The first-order valence-corrected chi connectivity index (χ1v) is 11.1. The van der Waals surface area contributed by atoms with E-state index in [0.29, 0.717) is 25.1 Å². The second kappa shape index (κ2) is 9.56. The Labute approximate surface area is 196 Å². The van der Waals surface area contributed by atoms with Gasteiger partial charge in [-0.2, -0.15) is 0 Å². The Balaban J connectivity index is 1.75. The predicted octanol–water partition coefficient (Wildman–Crippen LogP) is 0.808. The maximum atomic E-state index is 13.5. The fraction of sp³-hybridized carbons (Fsp3) is 0.545. The number of esters is 1. The zero-order valence-corrected chi connectivity index (χ0v) is 19.5. The van der Waals surface area contributed by atoms with Crippen molar-refractivity contribution < 1.29 is 29.0 Å². The van der Waals surface area contributed by atoms with Gasteiger partial charge in [0, 0.05) is 12.1 Å². The van der Waals surface area contributed by atoms with Crippen molar-refractivity contribution in [3.05, 3.63) is 28.8 Å². The van der Waals surface area contributed by atoms with Crippen molar-refractivity contribution in [3.63, 3.8) is 0 Å². The molecule has 0 aliphatic carbocycles. The maximum Gasteiger partial charge on any atom is 0.310 e. The van der Waals surface area contributed by atoms with Gasteiger partial charge in [0.2, 0.25) is 18.1 Å². The molecule has 2 aliphatic rings. The van der Waals surface area contributed by atoms with E-state index in [1.807, 2.05) is 20.8 Å². The second-order valence-electron chi connectivity index (χ2n) is 9.40. The molecule has 4 atom stereocenters. The van der Waals surface area contributed by atoms with Gasteiger partial charge in [-0.05, 0) is 36.5 Å². The summed E-state index contributed by atoms with van der Waals surface area (Å²) in [5, 5.41) is 15.4. The van der Waals surface area contributed by atoms with Crippen LogP contribution in [-0.2, 0) is 19.1 Å². The Morgan fingerprint density at radius 1 is 1.30 bits per heavy atom. The molecule has 10 nitrogen and oxygen atoms in total. The van der Waals surface area contributed by atoms with E-state index in [-0.39, 0.29) is 17.0 Å². The van der Waals surface area contributed by atoms with Crippen LogP contribution in [0.25, 0.3) is 0 Å². The van der Waals surface area contributed by atoms with Gasteiger partial charge in [0.05, 0.1) is 17.1 Å². The number of cyclic esters (lactones) is 1. The molecule has 1 aromatic rings. The normalized spacial score (nSPS) is 23.7. The SMILES string of the molecule is CC(C)(C)[C@H](NC(=O)c1ccc(N)c(Cl)c1)C(=O)N1CCC[C@H]1C(=O)N[C@H]1CC(=O)O[C@@H]1O. The molecule has 180 valence electrons. The summed E-state index contributed by atoms with van der Waals surface area (Å²) in [6, 6.07) is 1.89. The summed E-state index contributed by atoms with van der Waals surface area (Å²) < 4.78 is 4.65. The first-order chi connectivity index (χ1) is 15.4. The van der Waals surface area contributed by atoms with Crippen LogP contribution < -0.4 is 16.4 Å². The summed E-state index contributed by atoms with van der Waals surface area (Å²) in [5.41, 5.74) is 5.64. The van der Waals surface area contributed by atoms with Gasteiger partial charge < -0.3 is 31.1 Å². The van der Waals surface area contributed by atoms with Crippen LogP contribution >= 0.6 is 11.6 Å². The van der Waals surface area contributed by atoms with Crippen molar-refractivity contribution in [2.24, 2.45) is 5.41 Å². The van der Waals surface area contributed by atoms with E-state index < -0.39 is 53.5 Å². The molecule has 11 heteroatoms. The number of aliphatic hydroxyl groups excluding tert-OH is 1. The summed E-state index contributed by atoms with van der Waals surface area (Å²) in [5.74, 6) is -1.97. The number of benzene rings is 1. The van der Waals surface area contributed by atoms with Crippen LogP contribution in [0.5, 0.6) is 0 Å². The van der Waals surface area contributed by atoms with E-state index in [2.05, 4.69) is 15.4 Å². The number of halogens is 1. The number of nitrogens with two attached hydrogens (primary N) is 1. The van der Waals surface area contributed by atoms with Crippen molar-refractivity contribution in [2.45, 2.75) is 64.4 Å². The van der Waals surface area contributed by atoms with Gasteiger partial charge in [-0.3, -0.25) is 19.2 Å². The standard InChI is InChI=1S/C22H29ClN4O6/c1-22(2,3)17(26-18(29)11-6-7-13(24)12(23)9-11)20(31)27-8-4-5-15(27)19(30)25-14-10-16(28)33-21(14)32/h6-7,9,14-15,17,21,32H,4-5,8,10,24H2,1-3H3,(H,25,30)(H,26,29)/t14-,15-,17+,21-/m0/s1. The van der Waals surface area contributed by atoms with Gasteiger partial charge in [0.15, 0.2) is 0 Å². The Bertz CT molecular complexity index is 963. The number of hydrogen-bond donors (Lipinski definition) is 4. The van der Waals surface area contributed by atoms with Crippen molar-refractivity contribution in [2.75, 3.05) is 12.3 Å². The van der Waals surface area contributed by atoms with Crippen molar-refractivity contribution >= 4 is 41.0 Å². The van der Waals surface area contributed by atoms with E-state index in [9.17, 15) is 24.3 Å². The lowest BCUT2D eigenvalue weighted by atomic mass is 9.85. The average molecular weight is 481 g/mol. The lowest BCUT2D eigenvalue weighted by molar-refractivity contribution is -0.155. The minimum Gasteiger partial charge on any atom is -0.434 e. The lowest BCUT2D eigenvalue weighted by Crippen LogP contribution is -2.58. The second-order valence-corrected chi connectivity index (χ2v) is 9.81. The van der Waals surface area contributed by atoms with Gasteiger partial charge in [-0.25, -0.2) is 0 Å². The van der Waals surface area contributed by atoms with Gasteiger partial charge in [0.1, 0.15) is 18.1 Å². The number of nitrogen functional groups attached to an aromatic ring is 1. The highest BCUT2D eigenvalue weighted by Crippen LogP contribution is 2.27. The molecule has 2 fully saturated rings. The molecule has 33 heavy (non-hydrogen) atoms. The van der Waals surface area contributed by atoms with Crippen LogP contribution in [-0.4, -0.2) is 64.7 Å². The fourth-order valence-electron chi connectivity index (χ4n) is 3.95. The average Bonchev–Trinajstić information content (AvgIpc) is 3.33. The number of rotatable bonds is 5. The zero-order chi connectivity index (χ0) is 24.5. The third-order valence-electron chi connectivity index (χ3n) is 5.80. The van der Waals surface area contributed by atoms with Gasteiger partial charge >= 0.3 is 5.97 Å². The van der Waals surface area contributed by atoms with Crippen LogP contribution in [0.1, 0.15) is 50.4 Å². The molecule has 0 radical (unpaired) electrons. The monoisotopic (exact) mass is 480 g/mol. The molecule has 2 saturated heterocycles. The Morgan fingerprint density at radius 2 is 2.00 bits per heavy atom. The van der Waals surface area contributed by atoms with E-state index in [1.165, 1.54) is 23.1 Å². The Hall–Kier alpha value is -2.85. The molecule has 0 bridgehead atoms. The number of anilines is 1. The summed E-state index contributed by atoms with van der Waals surface area (Å²) in [7, 11) is 0. The largest absolute Gasteiger partial charge is 0.434 e. The quantitative estimate of drug-likeness (QED) is 0.359. The minimum absolute atomic E-state index is 0.140. The molecule has 2 aliphatic heterocycles. The van der Waals surface area contributed by atoms with Crippen molar-refractivity contribution in [1.82, 2.24) is 15.5 Å². The summed E-state index contributed by atoms with van der Waals surface area (Å²) in [6.07, 6.45) is -0.531. The molecule has 5 N–H and O–H groups in total. The number of amides is 3. The molecule has 3 amide bonds. The van der Waals surface area contributed by atoms with Crippen molar-refractivity contribution in [1.29, 1.82) is 0 Å². The molecular formula is C22H29ClN4O6. The van der Waals surface area contributed by atoms with Gasteiger partial charge in [-0.15, -0.1) is 0 Å². The molecule has 1 aromatic carbocycles. The number of carbonyl (C=O) groups excluding carboxylic acids is 4. The molecule has 0 spiro atoms. The first-order valence-electron chi connectivity index (χ1n) is 10.7. The minimum atomic E-state index is -1.42. The lowest BCUT2D eigenvalue weighted by Gasteiger charge is -2.35. The fourth-order valence-corrected chi connectivity index (χ4v) is 4.13. The highest BCUT2D eigenvalue weighted by atomic mass is 35.5. The highest BCUT2D eigenvalue weighted by Gasteiger charge is 2.43. The number of ether oxygens (including phenoxy) is 1. The maximum absolute atomic E-state index is 13.5. The topological polar surface area (TPSA) is 151 Å². The zero-order valence-electron chi connectivity index (χ0n) is 18.8. The number of aliphatic hydroxyl groups is 1. The molecule has 0 unspecified atom stereocenters. The Morgan fingerprint density at radius 3 is 2.58 bits per heavy atom. The van der Waals surface area contributed by atoms with E-state index in [1.54, 1.807) is 0 Å². The van der Waals surface area contributed by atoms with Crippen LogP contribution in [0.4, 0.5) is 5.69 Å². The smallest absolute Gasteiger partial charge is 0.310 e. The Kier molecular flexibility index (Phi) is 7.18. The molecule has 2 heterocycles. The van der Waals surface area contributed by atoms with Crippen LogP contribution in [0.15, 0.2) is 18.2 Å². The molecule has 0 aromatic heterocycles. The van der Waals surface area contributed by atoms with Gasteiger partial charge in [-0.1, -0.05) is 32.4 Å².